The van der Waals surface area contributed by atoms with E-state index < -0.39 is 0 Å². The summed E-state index contributed by atoms with van der Waals surface area (Å²) in [5.41, 5.74) is 2.58. The van der Waals surface area contributed by atoms with Crippen LogP contribution in [0.1, 0.15) is 46.8 Å². The van der Waals surface area contributed by atoms with Crippen LogP contribution in [0.4, 0.5) is 11.6 Å². The Balaban J connectivity index is 1.52. The Hall–Kier alpha value is -3.59. The predicted octanol–water partition coefficient (Wildman–Crippen LogP) is 2.50. The second-order valence-corrected chi connectivity index (χ2v) is 8.28. The van der Waals surface area contributed by atoms with E-state index in [-0.39, 0.29) is 5.91 Å². The SMILES string of the molecule is Cc1ccc(-n2nc(C3CCNCC3)cc2NC(=O)c2cnn3c2N=CCC=C3)[n+](C)c1. The van der Waals surface area contributed by atoms with Crippen LogP contribution in [0.2, 0.25) is 0 Å². The average molecular weight is 432 g/mol. The van der Waals surface area contributed by atoms with E-state index in [9.17, 15) is 4.79 Å². The Morgan fingerprint density at radius 2 is 2.12 bits per heavy atom. The van der Waals surface area contributed by atoms with Gasteiger partial charge in [0.05, 0.1) is 25.1 Å². The Morgan fingerprint density at radius 3 is 2.94 bits per heavy atom. The first-order valence-electron chi connectivity index (χ1n) is 11.0. The number of hydrogen-bond acceptors (Lipinski definition) is 5. The molecule has 3 aromatic rings. The molecule has 32 heavy (non-hydrogen) atoms. The van der Waals surface area contributed by atoms with Gasteiger partial charge in [0.15, 0.2) is 5.82 Å². The highest BCUT2D eigenvalue weighted by molar-refractivity contribution is 6.07. The summed E-state index contributed by atoms with van der Waals surface area (Å²) in [5, 5.41) is 15.7. The highest BCUT2D eigenvalue weighted by atomic mass is 16.1. The molecule has 5 rings (SSSR count). The third-order valence-corrected chi connectivity index (χ3v) is 5.91. The van der Waals surface area contributed by atoms with E-state index in [1.807, 2.05) is 53.0 Å². The number of aryl methyl sites for hydroxylation is 2. The summed E-state index contributed by atoms with van der Waals surface area (Å²) in [5.74, 6) is 2.15. The Bertz CT molecular complexity index is 1210. The average Bonchev–Trinajstić information content (AvgIpc) is 3.31. The lowest BCUT2D eigenvalue weighted by molar-refractivity contribution is -0.666. The van der Waals surface area contributed by atoms with Crippen molar-refractivity contribution in [1.82, 2.24) is 24.9 Å². The molecule has 0 bridgehead atoms. The first-order valence-corrected chi connectivity index (χ1v) is 11.0. The van der Waals surface area contributed by atoms with E-state index in [1.54, 1.807) is 17.1 Å². The molecule has 0 radical (unpaired) electrons. The second kappa shape index (κ2) is 8.51. The number of hydrogen-bond donors (Lipinski definition) is 2. The molecule has 2 N–H and O–H groups in total. The van der Waals surface area contributed by atoms with Crippen LogP contribution in [-0.2, 0) is 7.05 Å². The lowest BCUT2D eigenvalue weighted by Gasteiger charge is -2.19. The molecule has 5 heterocycles. The fourth-order valence-corrected chi connectivity index (χ4v) is 4.24. The molecule has 1 fully saturated rings. The number of aromatic nitrogens is 5. The fraction of sp³-hybridized carbons (Fsp3) is 0.348. The van der Waals surface area contributed by atoms with E-state index in [0.717, 1.165) is 43.0 Å². The van der Waals surface area contributed by atoms with E-state index in [0.29, 0.717) is 29.5 Å². The smallest absolute Gasteiger partial charge is 0.308 e. The molecule has 0 spiro atoms. The van der Waals surface area contributed by atoms with Gasteiger partial charge in [0, 0.05) is 36.9 Å². The molecule has 0 unspecified atom stereocenters. The number of anilines is 1. The standard InChI is InChI=1S/C23H26N8O/c1-16-5-6-21(29(2)15-16)31-20(13-19(28-31)17-7-10-24-11-8-17)27-23(32)18-14-26-30-12-4-3-9-25-22(18)30/h4-6,9,12-15,17,24H,3,7-8,10-11H2,1-2H3/p+1. The number of fused-ring (bicyclic) bond motifs is 1. The van der Waals surface area contributed by atoms with Crippen LogP contribution < -0.4 is 15.2 Å². The van der Waals surface area contributed by atoms with E-state index in [2.05, 4.69) is 27.6 Å². The Kier molecular flexibility index (Phi) is 5.40. The minimum atomic E-state index is -0.258. The molecule has 0 aliphatic carbocycles. The number of allylic oxidation sites excluding steroid dienone is 1. The molecule has 9 heteroatoms. The largest absolute Gasteiger partial charge is 0.317 e. The maximum absolute atomic E-state index is 13.2. The van der Waals surface area contributed by atoms with Crippen molar-refractivity contribution >= 4 is 30.0 Å². The quantitative estimate of drug-likeness (QED) is 0.621. The number of rotatable bonds is 4. The van der Waals surface area contributed by atoms with Gasteiger partial charge in [-0.3, -0.25) is 10.1 Å². The third kappa shape index (κ3) is 3.87. The number of carbonyl (C=O) groups is 1. The highest BCUT2D eigenvalue weighted by Gasteiger charge is 2.27. The van der Waals surface area contributed by atoms with Crippen LogP contribution in [0.3, 0.4) is 0 Å². The van der Waals surface area contributed by atoms with Crippen molar-refractivity contribution in [2.24, 2.45) is 12.0 Å². The summed E-state index contributed by atoms with van der Waals surface area (Å²) in [4.78, 5) is 17.7. The van der Waals surface area contributed by atoms with Gasteiger partial charge < -0.3 is 5.32 Å². The Labute approximate surface area is 186 Å². The van der Waals surface area contributed by atoms with Crippen LogP contribution in [0, 0.1) is 6.92 Å². The topological polar surface area (TPSA) is 93.0 Å². The molecule has 0 saturated carbocycles. The fourth-order valence-electron chi connectivity index (χ4n) is 4.24. The van der Waals surface area contributed by atoms with Crippen molar-refractivity contribution in [3.63, 3.8) is 0 Å². The number of carbonyl (C=O) groups excluding carboxylic acids is 1. The van der Waals surface area contributed by atoms with Crippen molar-refractivity contribution in [3.05, 3.63) is 53.5 Å². The molecule has 2 aliphatic rings. The Morgan fingerprint density at radius 1 is 1.28 bits per heavy atom. The van der Waals surface area contributed by atoms with Gasteiger partial charge in [-0.05, 0) is 44.5 Å². The minimum Gasteiger partial charge on any atom is -0.317 e. The molecule has 9 nitrogen and oxygen atoms in total. The molecule has 164 valence electrons. The highest BCUT2D eigenvalue weighted by Crippen LogP contribution is 2.29. The number of piperidine rings is 1. The maximum atomic E-state index is 13.2. The zero-order valence-corrected chi connectivity index (χ0v) is 18.3. The third-order valence-electron chi connectivity index (χ3n) is 5.91. The molecular formula is C23H27N8O+. The summed E-state index contributed by atoms with van der Waals surface area (Å²) in [6.45, 7) is 4.01. The van der Waals surface area contributed by atoms with Crippen LogP contribution in [-0.4, -0.2) is 44.8 Å². The molecule has 3 aromatic heterocycles. The molecule has 1 amide bonds. The summed E-state index contributed by atoms with van der Waals surface area (Å²) in [7, 11) is 1.98. The number of nitrogens with one attached hydrogen (secondary N) is 2. The molecular weight excluding hydrogens is 404 g/mol. The van der Waals surface area contributed by atoms with Gasteiger partial charge in [0.1, 0.15) is 5.56 Å². The van der Waals surface area contributed by atoms with Crippen molar-refractivity contribution in [2.75, 3.05) is 18.4 Å². The zero-order valence-electron chi connectivity index (χ0n) is 18.3. The van der Waals surface area contributed by atoms with Gasteiger partial charge in [0.2, 0.25) is 5.82 Å². The summed E-state index contributed by atoms with van der Waals surface area (Å²) >= 11 is 0. The molecule has 1 saturated heterocycles. The summed E-state index contributed by atoms with van der Waals surface area (Å²) in [6, 6.07) is 6.07. The monoisotopic (exact) mass is 431 g/mol. The summed E-state index contributed by atoms with van der Waals surface area (Å²) in [6.07, 6.45) is 11.9. The minimum absolute atomic E-state index is 0.258. The lowest BCUT2D eigenvalue weighted by atomic mass is 9.95. The first kappa shape index (κ1) is 20.3. The number of nitrogens with zero attached hydrogens (tertiary/aromatic N) is 6. The summed E-state index contributed by atoms with van der Waals surface area (Å²) < 4.78 is 5.46. The zero-order chi connectivity index (χ0) is 22.1. The van der Waals surface area contributed by atoms with Gasteiger partial charge in [0.25, 0.3) is 5.91 Å². The van der Waals surface area contributed by atoms with Gasteiger partial charge >= 0.3 is 5.82 Å². The lowest BCUT2D eigenvalue weighted by Crippen LogP contribution is -2.35. The van der Waals surface area contributed by atoms with Gasteiger partial charge in [-0.25, -0.2) is 14.2 Å². The van der Waals surface area contributed by atoms with Crippen LogP contribution >= 0.6 is 0 Å². The van der Waals surface area contributed by atoms with Crippen LogP contribution in [0.25, 0.3) is 12.0 Å². The number of aliphatic imine (C=N–C) groups is 1. The van der Waals surface area contributed by atoms with Crippen LogP contribution in [0.5, 0.6) is 0 Å². The van der Waals surface area contributed by atoms with E-state index >= 15 is 0 Å². The van der Waals surface area contributed by atoms with Crippen molar-refractivity contribution in [1.29, 1.82) is 0 Å². The molecule has 2 aliphatic heterocycles. The van der Waals surface area contributed by atoms with E-state index in [1.165, 1.54) is 0 Å². The number of amides is 1. The van der Waals surface area contributed by atoms with Crippen molar-refractivity contribution < 1.29 is 9.36 Å². The first-order chi connectivity index (χ1) is 15.6. The molecule has 0 atom stereocenters. The normalized spacial score (nSPS) is 16.1. The van der Waals surface area contributed by atoms with Crippen molar-refractivity contribution in [3.8, 4) is 5.82 Å². The predicted molar refractivity (Wildman–Crippen MR) is 123 cm³/mol. The van der Waals surface area contributed by atoms with Gasteiger partial charge in [-0.15, -0.1) is 0 Å². The van der Waals surface area contributed by atoms with Gasteiger partial charge in [-0.2, -0.15) is 5.10 Å². The molecule has 0 aromatic carbocycles. The van der Waals surface area contributed by atoms with Crippen molar-refractivity contribution in [2.45, 2.75) is 32.1 Å². The second-order valence-electron chi connectivity index (χ2n) is 8.28. The number of pyridine rings is 1. The van der Waals surface area contributed by atoms with Crippen LogP contribution in [0.15, 0.2) is 41.7 Å². The maximum Gasteiger partial charge on any atom is 0.308 e. The van der Waals surface area contributed by atoms with E-state index in [4.69, 9.17) is 5.10 Å². The van der Waals surface area contributed by atoms with Gasteiger partial charge in [-0.1, -0.05) is 15.9 Å².